The highest BCUT2D eigenvalue weighted by atomic mass is 16.5. The van der Waals surface area contributed by atoms with Crippen LogP contribution in [0.3, 0.4) is 0 Å². The molecule has 0 spiro atoms. The number of nitrogens with zero attached hydrogens (tertiary/aromatic N) is 3. The Morgan fingerprint density at radius 3 is 3.00 bits per heavy atom. The van der Waals surface area contributed by atoms with Crippen LogP contribution in [0.4, 0.5) is 10.5 Å². The van der Waals surface area contributed by atoms with Crippen LogP contribution in [-0.4, -0.2) is 58.2 Å². The summed E-state index contributed by atoms with van der Waals surface area (Å²) in [6.45, 7) is 3.64. The van der Waals surface area contributed by atoms with E-state index in [1.807, 2.05) is 0 Å². The van der Waals surface area contributed by atoms with E-state index in [4.69, 9.17) is 4.74 Å². The van der Waals surface area contributed by atoms with Crippen molar-refractivity contribution in [2.24, 2.45) is 0 Å². The third-order valence-corrected chi connectivity index (χ3v) is 2.76. The number of hydrogen-bond acceptors (Lipinski definition) is 4. The van der Waals surface area contributed by atoms with Gasteiger partial charge in [-0.1, -0.05) is 0 Å². The van der Waals surface area contributed by atoms with E-state index < -0.39 is 5.60 Å². The Morgan fingerprint density at radius 2 is 2.39 bits per heavy atom. The first-order chi connectivity index (χ1) is 8.50. The van der Waals surface area contributed by atoms with E-state index in [1.165, 1.54) is 0 Å². The number of aliphatic hydroxyl groups is 1. The van der Waals surface area contributed by atoms with Crippen LogP contribution in [0.5, 0.6) is 0 Å². The number of aromatic nitrogens is 2. The topological polar surface area (TPSA) is 79.6 Å². The van der Waals surface area contributed by atoms with Crippen molar-refractivity contribution in [3.8, 4) is 0 Å². The molecule has 0 saturated carbocycles. The lowest BCUT2D eigenvalue weighted by atomic mass is 9.98. The first kappa shape index (κ1) is 12.8. The smallest absolute Gasteiger partial charge is 0.322 e. The highest BCUT2D eigenvalue weighted by Crippen LogP contribution is 2.20. The molecule has 0 atom stereocenters. The van der Waals surface area contributed by atoms with Crippen molar-refractivity contribution in [2.45, 2.75) is 19.1 Å². The van der Waals surface area contributed by atoms with Crippen LogP contribution in [0.25, 0.3) is 0 Å². The van der Waals surface area contributed by atoms with Gasteiger partial charge in [0.1, 0.15) is 0 Å². The minimum Gasteiger partial charge on any atom is -0.386 e. The fraction of sp³-hybridized carbons (Fsp3) is 0.636. The van der Waals surface area contributed by atoms with Gasteiger partial charge in [0.25, 0.3) is 0 Å². The van der Waals surface area contributed by atoms with Gasteiger partial charge < -0.3 is 20.1 Å². The van der Waals surface area contributed by atoms with Crippen molar-refractivity contribution < 1.29 is 14.6 Å². The molecule has 1 aliphatic heterocycles. The van der Waals surface area contributed by atoms with Crippen LogP contribution in [-0.2, 0) is 11.3 Å². The summed E-state index contributed by atoms with van der Waals surface area (Å²) in [6, 6.07) is -0.215. The summed E-state index contributed by atoms with van der Waals surface area (Å²) < 4.78 is 6.64. The first-order valence-corrected chi connectivity index (χ1v) is 5.80. The largest absolute Gasteiger partial charge is 0.386 e. The number of nitrogens with one attached hydrogen (secondary N) is 1. The maximum atomic E-state index is 11.7. The van der Waals surface area contributed by atoms with Crippen molar-refractivity contribution in [1.82, 2.24) is 14.7 Å². The molecule has 2 rings (SSSR count). The number of methoxy groups -OCH3 is 1. The summed E-state index contributed by atoms with van der Waals surface area (Å²) in [7, 11) is 1.63. The average Bonchev–Trinajstić information content (AvgIpc) is 2.70. The minimum absolute atomic E-state index is 0.215. The van der Waals surface area contributed by atoms with E-state index in [0.29, 0.717) is 31.9 Å². The molecule has 100 valence electrons. The second-order valence-electron chi connectivity index (χ2n) is 4.77. The van der Waals surface area contributed by atoms with Gasteiger partial charge >= 0.3 is 6.03 Å². The van der Waals surface area contributed by atoms with Gasteiger partial charge in [-0.3, -0.25) is 4.68 Å². The molecule has 0 bridgehead atoms. The fourth-order valence-corrected chi connectivity index (χ4v) is 1.86. The molecule has 18 heavy (non-hydrogen) atoms. The van der Waals surface area contributed by atoms with E-state index >= 15 is 0 Å². The van der Waals surface area contributed by atoms with Gasteiger partial charge in [-0.15, -0.1) is 0 Å². The second-order valence-corrected chi connectivity index (χ2v) is 4.77. The molecule has 1 fully saturated rings. The number of rotatable bonds is 4. The molecular formula is C11H18N4O3. The molecule has 0 radical (unpaired) electrons. The van der Waals surface area contributed by atoms with Gasteiger partial charge in [-0.2, -0.15) is 5.10 Å². The number of likely N-dealkylation sites (tertiary alicyclic amines) is 1. The Morgan fingerprint density at radius 1 is 1.67 bits per heavy atom. The molecule has 7 heteroatoms. The third kappa shape index (κ3) is 2.99. The maximum Gasteiger partial charge on any atom is 0.322 e. The van der Waals surface area contributed by atoms with E-state index in [9.17, 15) is 9.90 Å². The van der Waals surface area contributed by atoms with E-state index in [2.05, 4.69) is 10.4 Å². The number of amides is 2. The van der Waals surface area contributed by atoms with Crippen LogP contribution in [0.2, 0.25) is 0 Å². The summed E-state index contributed by atoms with van der Waals surface area (Å²) in [5, 5.41) is 16.4. The molecule has 1 aromatic rings. The highest BCUT2D eigenvalue weighted by molar-refractivity contribution is 5.89. The summed E-state index contributed by atoms with van der Waals surface area (Å²) in [4.78, 5) is 13.3. The van der Waals surface area contributed by atoms with E-state index in [-0.39, 0.29) is 6.03 Å². The molecule has 0 unspecified atom stereocenters. The molecule has 1 aromatic heterocycles. The van der Waals surface area contributed by atoms with Crippen LogP contribution >= 0.6 is 0 Å². The van der Waals surface area contributed by atoms with Gasteiger partial charge in [0.2, 0.25) is 0 Å². The Kier molecular flexibility index (Phi) is 3.53. The molecule has 0 aliphatic carbocycles. The minimum atomic E-state index is -0.750. The monoisotopic (exact) mass is 254 g/mol. The number of carbonyl (C=O) groups excluding carboxylic acids is 1. The first-order valence-electron chi connectivity index (χ1n) is 5.80. The van der Waals surface area contributed by atoms with Gasteiger partial charge in [0.15, 0.2) is 0 Å². The molecule has 2 amide bonds. The molecule has 2 heterocycles. The Balaban J connectivity index is 1.82. The summed E-state index contributed by atoms with van der Waals surface area (Å²) >= 11 is 0. The van der Waals surface area contributed by atoms with Crippen LogP contribution in [0.1, 0.15) is 6.92 Å². The Hall–Kier alpha value is -1.60. The average molecular weight is 254 g/mol. The molecule has 2 N–H and O–H groups in total. The number of carbonyl (C=O) groups is 1. The van der Waals surface area contributed by atoms with Gasteiger partial charge in [0, 0.05) is 13.3 Å². The Bertz CT molecular complexity index is 422. The maximum absolute atomic E-state index is 11.7. The lowest BCUT2D eigenvalue weighted by Gasteiger charge is -2.43. The summed E-state index contributed by atoms with van der Waals surface area (Å²) in [5.41, 5.74) is -0.109. The second kappa shape index (κ2) is 4.95. The lowest BCUT2D eigenvalue weighted by molar-refractivity contribution is -0.0581. The highest BCUT2D eigenvalue weighted by Gasteiger charge is 2.39. The normalized spacial score (nSPS) is 17.4. The van der Waals surface area contributed by atoms with Crippen LogP contribution in [0.15, 0.2) is 12.4 Å². The summed E-state index contributed by atoms with van der Waals surface area (Å²) in [6.07, 6.45) is 3.33. The van der Waals surface area contributed by atoms with Gasteiger partial charge in [-0.05, 0) is 6.92 Å². The van der Waals surface area contributed by atoms with Gasteiger partial charge in [0.05, 0.1) is 43.7 Å². The molecular weight excluding hydrogens is 236 g/mol. The number of anilines is 1. The lowest BCUT2D eigenvalue weighted by Crippen LogP contribution is -2.62. The van der Waals surface area contributed by atoms with Crippen molar-refractivity contribution in [3.05, 3.63) is 12.4 Å². The molecule has 7 nitrogen and oxygen atoms in total. The van der Waals surface area contributed by atoms with Crippen molar-refractivity contribution in [1.29, 1.82) is 0 Å². The zero-order valence-corrected chi connectivity index (χ0v) is 10.6. The zero-order valence-electron chi connectivity index (χ0n) is 10.6. The summed E-state index contributed by atoms with van der Waals surface area (Å²) in [5.74, 6) is 0. The third-order valence-electron chi connectivity index (χ3n) is 2.76. The van der Waals surface area contributed by atoms with Crippen LogP contribution in [0, 0.1) is 0 Å². The molecule has 0 aromatic carbocycles. The van der Waals surface area contributed by atoms with Crippen molar-refractivity contribution in [3.63, 3.8) is 0 Å². The van der Waals surface area contributed by atoms with Crippen molar-refractivity contribution >= 4 is 11.7 Å². The fourth-order valence-electron chi connectivity index (χ4n) is 1.86. The van der Waals surface area contributed by atoms with E-state index in [1.54, 1.807) is 36.0 Å². The van der Waals surface area contributed by atoms with Crippen molar-refractivity contribution in [2.75, 3.05) is 32.1 Å². The predicted molar refractivity (Wildman–Crippen MR) is 65.3 cm³/mol. The predicted octanol–water partition coefficient (Wildman–Crippen LogP) is 0.128. The number of hydrogen-bond donors (Lipinski definition) is 2. The van der Waals surface area contributed by atoms with Gasteiger partial charge in [-0.25, -0.2) is 4.79 Å². The molecule has 1 saturated heterocycles. The number of ether oxygens (including phenoxy) is 1. The zero-order chi connectivity index (χ0) is 13.2. The standard InChI is InChI=1S/C11H18N4O3/c1-11(17)7-14(8-11)10(16)13-9-5-12-15(6-9)3-4-18-2/h5-6,17H,3-4,7-8H2,1-2H3,(H,13,16). The number of β-amino-alcohol motifs (C(OH)–C–C–N with tert-alkyl or cyclic N) is 1. The molecule has 1 aliphatic rings. The van der Waals surface area contributed by atoms with Crippen LogP contribution < -0.4 is 5.32 Å². The SMILES string of the molecule is COCCn1cc(NC(=O)N2CC(C)(O)C2)cn1. The quantitative estimate of drug-likeness (QED) is 0.800. The number of urea groups is 1. The van der Waals surface area contributed by atoms with E-state index in [0.717, 1.165) is 0 Å². The Labute approximate surface area is 105 Å².